The Morgan fingerprint density at radius 2 is 1.88 bits per heavy atom. The van der Waals surface area contributed by atoms with Crippen molar-refractivity contribution in [2.24, 2.45) is 11.1 Å². The lowest BCUT2D eigenvalue weighted by atomic mass is 9.78. The van der Waals surface area contributed by atoms with Crippen LogP contribution in [0.3, 0.4) is 0 Å². The molecule has 2 atom stereocenters. The molecule has 2 aromatic heterocycles. The number of ether oxygens (including phenoxy) is 1. The molecule has 16 heteroatoms. The zero-order chi connectivity index (χ0) is 35.8. The number of nitrogens with zero attached hydrogens (tertiary/aromatic N) is 5. The van der Waals surface area contributed by atoms with Crippen LogP contribution in [0, 0.1) is 34.3 Å². The summed E-state index contributed by atoms with van der Waals surface area (Å²) in [6.07, 6.45) is -3.18. The Balaban J connectivity index is 1.51. The Morgan fingerprint density at radius 3 is 2.53 bits per heavy atom. The Morgan fingerprint density at radius 1 is 1.14 bits per heavy atom. The van der Waals surface area contributed by atoms with Crippen molar-refractivity contribution in [1.29, 1.82) is 0 Å². The maximum atomic E-state index is 13.3. The number of hydrogen-bond donors (Lipinski definition) is 2. The van der Waals surface area contributed by atoms with Gasteiger partial charge in [0, 0.05) is 35.0 Å². The van der Waals surface area contributed by atoms with Crippen molar-refractivity contribution in [3.8, 4) is 11.8 Å². The predicted octanol–water partition coefficient (Wildman–Crippen LogP) is 6.75. The zero-order valence-electron chi connectivity index (χ0n) is 26.8. The first kappa shape index (κ1) is 35.0. The highest BCUT2D eigenvalue weighted by molar-refractivity contribution is 6.31. The van der Waals surface area contributed by atoms with Crippen LogP contribution in [0.4, 0.5) is 35.2 Å². The molecule has 1 unspecified atom stereocenters. The number of aromatic nitrogens is 3. The molecule has 1 aliphatic heterocycles. The van der Waals surface area contributed by atoms with Crippen LogP contribution in [0.5, 0.6) is 0 Å². The van der Waals surface area contributed by atoms with Crippen molar-refractivity contribution < 1.29 is 32.4 Å². The van der Waals surface area contributed by atoms with Crippen molar-refractivity contribution in [1.82, 2.24) is 14.6 Å². The van der Waals surface area contributed by atoms with Crippen molar-refractivity contribution in [2.75, 3.05) is 16.8 Å². The van der Waals surface area contributed by atoms with E-state index in [1.54, 1.807) is 12.1 Å². The molecule has 4 aromatic rings. The number of non-ortho nitro benzene ring substituents is 1. The highest BCUT2D eigenvalue weighted by Crippen LogP contribution is 2.37. The van der Waals surface area contributed by atoms with E-state index < -0.39 is 40.5 Å². The highest BCUT2D eigenvalue weighted by atomic mass is 35.5. The average Bonchev–Trinajstić information content (AvgIpc) is 3.40. The maximum absolute atomic E-state index is 13.3. The fraction of sp³-hybridized carbons (Fsp3) is 0.333. The summed E-state index contributed by atoms with van der Waals surface area (Å²) in [5, 5.41) is 18.7. The van der Waals surface area contributed by atoms with E-state index in [4.69, 9.17) is 27.2 Å². The molecule has 2 aromatic carbocycles. The number of hydrogen-bond acceptors (Lipinski definition) is 8. The first-order valence-corrected chi connectivity index (χ1v) is 15.4. The quantitative estimate of drug-likeness (QED) is 0.132. The van der Waals surface area contributed by atoms with Crippen molar-refractivity contribution in [2.45, 2.75) is 58.9 Å². The molecular formula is C33H31ClF3N7O5. The van der Waals surface area contributed by atoms with Crippen LogP contribution >= 0.6 is 11.6 Å². The van der Waals surface area contributed by atoms with Crippen LogP contribution in [0.2, 0.25) is 5.02 Å². The Labute approximate surface area is 283 Å². The van der Waals surface area contributed by atoms with Crippen LogP contribution in [-0.2, 0) is 10.9 Å². The first-order valence-electron chi connectivity index (χ1n) is 15.0. The number of amides is 2. The second-order valence-electron chi connectivity index (χ2n) is 12.6. The summed E-state index contributed by atoms with van der Waals surface area (Å²) in [4.78, 5) is 42.4. The third kappa shape index (κ3) is 7.70. The number of carbonyl (C=O) groups is 2. The van der Waals surface area contributed by atoms with Gasteiger partial charge < -0.3 is 20.7 Å². The summed E-state index contributed by atoms with van der Waals surface area (Å²) in [5.41, 5.74) is 4.28. The summed E-state index contributed by atoms with van der Waals surface area (Å²) >= 11 is 5.85. The lowest BCUT2D eigenvalue weighted by molar-refractivity contribution is -0.384. The first-order chi connectivity index (χ1) is 22.9. The molecule has 1 saturated heterocycles. The molecule has 3 heterocycles. The summed E-state index contributed by atoms with van der Waals surface area (Å²) in [5.74, 6) is 5.48. The summed E-state index contributed by atoms with van der Waals surface area (Å²) in [7, 11) is 0. The van der Waals surface area contributed by atoms with Crippen LogP contribution in [0.25, 0.3) is 5.65 Å². The Bertz CT molecular complexity index is 2030. The van der Waals surface area contributed by atoms with Gasteiger partial charge in [-0.25, -0.2) is 14.3 Å². The van der Waals surface area contributed by atoms with E-state index in [1.807, 2.05) is 20.8 Å². The minimum Gasteiger partial charge on any atom is -0.444 e. The monoisotopic (exact) mass is 697 g/mol. The van der Waals surface area contributed by atoms with E-state index in [0.717, 1.165) is 18.6 Å². The number of alkyl halides is 3. The van der Waals surface area contributed by atoms with E-state index in [-0.39, 0.29) is 38.9 Å². The number of anilines is 2. The number of primary amides is 1. The lowest BCUT2D eigenvalue weighted by Gasteiger charge is -2.47. The van der Waals surface area contributed by atoms with Gasteiger partial charge in [0.05, 0.1) is 28.3 Å². The van der Waals surface area contributed by atoms with Gasteiger partial charge in [0.2, 0.25) is 0 Å². The lowest BCUT2D eigenvalue weighted by Crippen LogP contribution is -2.57. The minimum atomic E-state index is -4.72. The van der Waals surface area contributed by atoms with Crippen molar-refractivity contribution in [3.05, 3.63) is 91.7 Å². The number of piperidine rings is 1. The van der Waals surface area contributed by atoms with Gasteiger partial charge in [-0.15, -0.1) is 5.10 Å². The molecule has 2 amide bonds. The second-order valence-corrected chi connectivity index (χ2v) is 13.0. The third-order valence-corrected chi connectivity index (χ3v) is 8.25. The van der Waals surface area contributed by atoms with Gasteiger partial charge in [-0.05, 0) is 67.0 Å². The fourth-order valence-electron chi connectivity index (χ4n) is 5.94. The molecule has 0 bridgehead atoms. The topological polar surface area (TPSA) is 158 Å². The second kappa shape index (κ2) is 13.3. The Kier molecular flexibility index (Phi) is 9.47. The minimum absolute atomic E-state index is 0.128. The number of nitro benzene ring substituents is 1. The molecule has 1 fully saturated rings. The maximum Gasteiger partial charge on any atom is 0.416 e. The number of nitrogens with two attached hydrogens (primary N) is 1. The molecule has 49 heavy (non-hydrogen) atoms. The number of carbonyl (C=O) groups excluding carboxylic acids is 2. The van der Waals surface area contributed by atoms with Crippen LogP contribution in [0.15, 0.2) is 48.7 Å². The van der Waals surface area contributed by atoms with Gasteiger partial charge in [-0.3, -0.25) is 14.9 Å². The van der Waals surface area contributed by atoms with Gasteiger partial charge in [0.15, 0.2) is 5.65 Å². The van der Waals surface area contributed by atoms with E-state index in [2.05, 4.69) is 27.0 Å². The zero-order valence-corrected chi connectivity index (χ0v) is 27.5. The number of rotatable bonds is 5. The molecule has 256 valence electrons. The highest BCUT2D eigenvalue weighted by Gasteiger charge is 2.42. The van der Waals surface area contributed by atoms with Crippen molar-refractivity contribution >= 4 is 46.4 Å². The predicted molar refractivity (Wildman–Crippen MR) is 175 cm³/mol. The molecule has 12 nitrogen and oxygen atoms in total. The smallest absolute Gasteiger partial charge is 0.416 e. The normalized spacial score (nSPS) is 16.5. The van der Waals surface area contributed by atoms with Crippen LogP contribution in [0.1, 0.15) is 66.4 Å². The SMILES string of the molecule is Cc1c(C#Cc2cnc3ccc(N4CCCC(OC(N)=O)[C@@H]4C(C)(C)C)nn23)cc([N+](=O)[O-])cc1C(=O)Nc1cc(Cl)cc(C(F)(F)F)c1. The molecular weight excluding hydrogens is 667 g/mol. The summed E-state index contributed by atoms with van der Waals surface area (Å²) in [6, 6.07) is 8.08. The number of benzene rings is 2. The average molecular weight is 698 g/mol. The molecule has 0 aliphatic carbocycles. The third-order valence-electron chi connectivity index (χ3n) is 8.03. The van der Waals surface area contributed by atoms with Gasteiger partial charge in [0.25, 0.3) is 11.6 Å². The summed E-state index contributed by atoms with van der Waals surface area (Å²) < 4.78 is 46.9. The fourth-order valence-corrected chi connectivity index (χ4v) is 6.18. The number of nitrogens with one attached hydrogen (secondary N) is 1. The van der Waals surface area contributed by atoms with E-state index in [9.17, 15) is 32.9 Å². The molecule has 3 N–H and O–H groups in total. The number of halogens is 4. The van der Waals surface area contributed by atoms with Gasteiger partial charge in [0.1, 0.15) is 17.6 Å². The molecule has 0 saturated carbocycles. The van der Waals surface area contributed by atoms with Gasteiger partial charge >= 0.3 is 12.3 Å². The number of imidazole rings is 1. The van der Waals surface area contributed by atoms with E-state index in [0.29, 0.717) is 42.3 Å². The van der Waals surface area contributed by atoms with Crippen LogP contribution in [-0.4, -0.2) is 50.2 Å². The van der Waals surface area contributed by atoms with Gasteiger partial charge in [-0.1, -0.05) is 38.3 Å². The Hall–Kier alpha value is -5.36. The largest absolute Gasteiger partial charge is 0.444 e. The molecule has 0 spiro atoms. The number of nitro groups is 1. The molecule has 5 rings (SSSR count). The number of fused-ring (bicyclic) bond motifs is 1. The van der Waals surface area contributed by atoms with Crippen molar-refractivity contribution in [3.63, 3.8) is 0 Å². The van der Waals surface area contributed by atoms with E-state index >= 15 is 0 Å². The summed E-state index contributed by atoms with van der Waals surface area (Å²) in [6.45, 7) is 8.25. The van der Waals surface area contributed by atoms with E-state index in [1.165, 1.54) is 23.7 Å². The molecule has 1 aliphatic rings. The van der Waals surface area contributed by atoms with Gasteiger partial charge in [-0.2, -0.15) is 13.2 Å². The standard InChI is InChI=1S/C33H31ClF3N7O5/c1-18-19(12-24(44(47)48)16-25(18)30(45)40-22-14-20(33(35,36)37)13-21(34)15-22)7-8-23-17-39-27-9-10-28(41-43(23)27)42-11-5-6-26(49-31(38)46)29(42)32(2,3)4/h9-10,12-17,26,29H,5-6,11H2,1-4H3,(H2,38,46)(H,40,45)/t26?,29-/m1/s1. The molecule has 0 radical (unpaired) electrons. The van der Waals surface area contributed by atoms with Crippen LogP contribution < -0.4 is 16.0 Å².